The molecule has 0 fully saturated rings. The number of hydrogen-bond acceptors (Lipinski definition) is 6. The van der Waals surface area contributed by atoms with Gasteiger partial charge < -0.3 is 20.9 Å². The molecule has 0 spiro atoms. The van der Waals surface area contributed by atoms with Gasteiger partial charge in [-0.05, 0) is 31.5 Å². The minimum atomic E-state index is 0.120. The highest BCUT2D eigenvalue weighted by Gasteiger charge is 2.15. The summed E-state index contributed by atoms with van der Waals surface area (Å²) >= 11 is 6.07. The van der Waals surface area contributed by atoms with Gasteiger partial charge in [0.05, 0.1) is 6.33 Å². The van der Waals surface area contributed by atoms with Crippen LogP contribution in [0, 0.1) is 0 Å². The summed E-state index contributed by atoms with van der Waals surface area (Å²) in [5.41, 5.74) is 8.13. The molecule has 2 aromatic heterocycles. The zero-order valence-corrected chi connectivity index (χ0v) is 15.1. The summed E-state index contributed by atoms with van der Waals surface area (Å²) in [4.78, 5) is 13.7. The van der Waals surface area contributed by atoms with E-state index in [2.05, 4.69) is 39.4 Å². The Labute approximate surface area is 151 Å². The highest BCUT2D eigenvalue weighted by atomic mass is 35.5. The Balaban J connectivity index is 2.04. The number of rotatable bonds is 7. The summed E-state index contributed by atoms with van der Waals surface area (Å²) < 4.78 is 1.98. The number of nitrogens with zero attached hydrogens (tertiary/aromatic N) is 4. The third-order valence-corrected chi connectivity index (χ3v) is 4.24. The summed E-state index contributed by atoms with van der Waals surface area (Å²) in [5, 5.41) is 7.24. The molecule has 0 aliphatic carbocycles. The molecule has 0 saturated carbocycles. The second kappa shape index (κ2) is 7.67. The number of hydrogen-bond donors (Lipinski definition) is 3. The number of aromatic nitrogens is 4. The average Bonchev–Trinajstić information content (AvgIpc) is 3.03. The lowest BCUT2D eigenvalue weighted by Gasteiger charge is -2.16. The quantitative estimate of drug-likeness (QED) is 0.598. The van der Waals surface area contributed by atoms with Gasteiger partial charge in [-0.15, -0.1) is 0 Å². The molecule has 1 atom stereocenters. The van der Waals surface area contributed by atoms with Crippen LogP contribution in [-0.4, -0.2) is 32.1 Å². The standard InChI is InChI=1S/C17H22ClN7/c1-3-12(9-19)22-17-23-15(21-13-7-5-6-11(18)8-13)14-16(24-17)25(4-2)10-20-14/h5-8,10,12H,3-4,9,19H2,1-2H3,(H2,21,22,23,24)/t12-/m1/s1. The number of nitrogens with one attached hydrogen (secondary N) is 2. The monoisotopic (exact) mass is 359 g/mol. The SMILES string of the molecule is CC[C@H](CN)Nc1nc(Nc2cccc(Cl)c2)c2ncn(CC)c2n1. The fraction of sp³-hybridized carbons (Fsp3) is 0.353. The Kier molecular flexibility index (Phi) is 5.35. The topological polar surface area (TPSA) is 93.7 Å². The predicted molar refractivity (Wildman–Crippen MR) is 102 cm³/mol. The van der Waals surface area contributed by atoms with Crippen molar-refractivity contribution in [1.29, 1.82) is 0 Å². The molecule has 3 rings (SSSR count). The lowest BCUT2D eigenvalue weighted by molar-refractivity contribution is 0.695. The van der Waals surface area contributed by atoms with Crippen molar-refractivity contribution in [2.24, 2.45) is 5.73 Å². The Morgan fingerprint density at radius 2 is 2.12 bits per heavy atom. The van der Waals surface area contributed by atoms with E-state index in [4.69, 9.17) is 17.3 Å². The van der Waals surface area contributed by atoms with Crippen LogP contribution in [0.1, 0.15) is 20.3 Å². The number of imidazole rings is 1. The second-order valence-electron chi connectivity index (χ2n) is 5.72. The molecule has 2 heterocycles. The Morgan fingerprint density at radius 3 is 2.80 bits per heavy atom. The molecule has 7 nitrogen and oxygen atoms in total. The van der Waals surface area contributed by atoms with Crippen LogP contribution in [0.15, 0.2) is 30.6 Å². The molecule has 132 valence electrons. The van der Waals surface area contributed by atoms with Gasteiger partial charge in [0, 0.05) is 29.8 Å². The minimum Gasteiger partial charge on any atom is -0.350 e. The molecular formula is C17H22ClN7. The zero-order chi connectivity index (χ0) is 17.8. The van der Waals surface area contributed by atoms with E-state index in [1.54, 1.807) is 6.33 Å². The molecular weight excluding hydrogens is 338 g/mol. The molecule has 0 unspecified atom stereocenters. The maximum atomic E-state index is 6.07. The van der Waals surface area contributed by atoms with Gasteiger partial charge in [-0.1, -0.05) is 24.6 Å². The van der Waals surface area contributed by atoms with Crippen molar-refractivity contribution in [3.8, 4) is 0 Å². The van der Waals surface area contributed by atoms with E-state index in [0.717, 1.165) is 24.3 Å². The second-order valence-corrected chi connectivity index (χ2v) is 6.16. The van der Waals surface area contributed by atoms with Crippen molar-refractivity contribution in [3.63, 3.8) is 0 Å². The van der Waals surface area contributed by atoms with Crippen LogP contribution < -0.4 is 16.4 Å². The first kappa shape index (κ1) is 17.4. The third kappa shape index (κ3) is 3.83. The van der Waals surface area contributed by atoms with E-state index in [-0.39, 0.29) is 6.04 Å². The first-order chi connectivity index (χ1) is 12.1. The maximum Gasteiger partial charge on any atom is 0.227 e. The molecule has 0 bridgehead atoms. The Bertz CT molecular complexity index is 857. The fourth-order valence-electron chi connectivity index (χ4n) is 2.54. The lowest BCUT2D eigenvalue weighted by Crippen LogP contribution is -2.29. The van der Waals surface area contributed by atoms with Crippen LogP contribution in [0.2, 0.25) is 5.02 Å². The molecule has 0 saturated heterocycles. The third-order valence-electron chi connectivity index (χ3n) is 4.00. The molecule has 1 aromatic carbocycles. The fourth-order valence-corrected chi connectivity index (χ4v) is 2.73. The van der Waals surface area contributed by atoms with E-state index in [0.29, 0.717) is 28.9 Å². The first-order valence-corrected chi connectivity index (χ1v) is 8.74. The number of benzene rings is 1. The minimum absolute atomic E-state index is 0.120. The van der Waals surface area contributed by atoms with Crippen LogP contribution in [0.3, 0.4) is 0 Å². The van der Waals surface area contributed by atoms with E-state index < -0.39 is 0 Å². The van der Waals surface area contributed by atoms with Crippen LogP contribution in [0.25, 0.3) is 11.2 Å². The normalized spacial score (nSPS) is 12.3. The van der Waals surface area contributed by atoms with E-state index in [9.17, 15) is 0 Å². The Hall–Kier alpha value is -2.38. The van der Waals surface area contributed by atoms with Crippen LogP contribution in [0.5, 0.6) is 0 Å². The van der Waals surface area contributed by atoms with Crippen molar-refractivity contribution >= 4 is 40.2 Å². The van der Waals surface area contributed by atoms with Gasteiger partial charge in [0.15, 0.2) is 17.0 Å². The maximum absolute atomic E-state index is 6.07. The number of anilines is 3. The molecule has 8 heteroatoms. The predicted octanol–water partition coefficient (Wildman–Crippen LogP) is 3.39. The smallest absolute Gasteiger partial charge is 0.227 e. The van der Waals surface area contributed by atoms with Gasteiger partial charge >= 0.3 is 0 Å². The van der Waals surface area contributed by atoms with E-state index in [1.807, 2.05) is 28.8 Å². The number of nitrogens with two attached hydrogens (primary N) is 1. The van der Waals surface area contributed by atoms with Crippen LogP contribution in [-0.2, 0) is 6.54 Å². The highest BCUT2D eigenvalue weighted by molar-refractivity contribution is 6.30. The molecule has 0 radical (unpaired) electrons. The highest BCUT2D eigenvalue weighted by Crippen LogP contribution is 2.26. The summed E-state index contributed by atoms with van der Waals surface area (Å²) in [6.07, 6.45) is 2.66. The lowest BCUT2D eigenvalue weighted by atomic mass is 10.2. The number of aryl methyl sites for hydroxylation is 1. The van der Waals surface area contributed by atoms with Crippen molar-refractivity contribution in [2.45, 2.75) is 32.9 Å². The van der Waals surface area contributed by atoms with Crippen LogP contribution in [0.4, 0.5) is 17.5 Å². The first-order valence-electron chi connectivity index (χ1n) is 8.36. The van der Waals surface area contributed by atoms with Crippen molar-refractivity contribution in [2.75, 3.05) is 17.2 Å². The van der Waals surface area contributed by atoms with Crippen molar-refractivity contribution in [1.82, 2.24) is 19.5 Å². The summed E-state index contributed by atoms with van der Waals surface area (Å²) in [6, 6.07) is 7.60. The molecule has 25 heavy (non-hydrogen) atoms. The molecule has 4 N–H and O–H groups in total. The van der Waals surface area contributed by atoms with Crippen molar-refractivity contribution in [3.05, 3.63) is 35.6 Å². The van der Waals surface area contributed by atoms with Crippen molar-refractivity contribution < 1.29 is 0 Å². The number of fused-ring (bicyclic) bond motifs is 1. The van der Waals surface area contributed by atoms with Gasteiger partial charge in [0.1, 0.15) is 0 Å². The molecule has 0 aliphatic heterocycles. The van der Waals surface area contributed by atoms with Gasteiger partial charge in [0.2, 0.25) is 5.95 Å². The molecule has 0 amide bonds. The average molecular weight is 360 g/mol. The number of halogens is 1. The Morgan fingerprint density at radius 1 is 1.28 bits per heavy atom. The molecule has 0 aliphatic rings. The van der Waals surface area contributed by atoms with Gasteiger partial charge in [-0.2, -0.15) is 9.97 Å². The van der Waals surface area contributed by atoms with E-state index in [1.165, 1.54) is 0 Å². The summed E-state index contributed by atoms with van der Waals surface area (Å²) in [5.74, 6) is 1.17. The van der Waals surface area contributed by atoms with Crippen LogP contribution >= 0.6 is 11.6 Å². The van der Waals surface area contributed by atoms with Gasteiger partial charge in [-0.25, -0.2) is 4.98 Å². The van der Waals surface area contributed by atoms with Gasteiger partial charge in [0.25, 0.3) is 0 Å². The largest absolute Gasteiger partial charge is 0.350 e. The molecule has 3 aromatic rings. The zero-order valence-electron chi connectivity index (χ0n) is 14.3. The van der Waals surface area contributed by atoms with E-state index >= 15 is 0 Å². The summed E-state index contributed by atoms with van der Waals surface area (Å²) in [6.45, 7) is 5.42. The van der Waals surface area contributed by atoms with Gasteiger partial charge in [-0.3, -0.25) is 0 Å². The summed E-state index contributed by atoms with van der Waals surface area (Å²) in [7, 11) is 0.